The molecule has 3 nitrogen and oxygen atoms in total. The van der Waals surface area contributed by atoms with Gasteiger partial charge in [0, 0.05) is 25.2 Å². The number of nitrogens with zero attached hydrogens (tertiary/aromatic N) is 1. The lowest BCUT2D eigenvalue weighted by molar-refractivity contribution is -0.0105. The molecule has 0 heterocycles. The van der Waals surface area contributed by atoms with Crippen LogP contribution < -0.4 is 5.73 Å². The standard InChI is InChI=1S/C15H32N2O/c1-6-18-8-7-17(5)15(12-16)10-13(2)9-14(3,4)11-15/h13H,6-12,16H2,1-5H3. The summed E-state index contributed by atoms with van der Waals surface area (Å²) >= 11 is 0. The quantitative estimate of drug-likeness (QED) is 0.742. The zero-order valence-corrected chi connectivity index (χ0v) is 13.0. The Morgan fingerprint density at radius 2 is 2.00 bits per heavy atom. The Labute approximate surface area is 113 Å². The van der Waals surface area contributed by atoms with Crippen LogP contribution in [-0.2, 0) is 4.74 Å². The fraction of sp³-hybridized carbons (Fsp3) is 1.00. The molecule has 0 amide bonds. The van der Waals surface area contributed by atoms with Crippen LogP contribution in [0, 0.1) is 11.3 Å². The Morgan fingerprint density at radius 3 is 2.50 bits per heavy atom. The second-order valence-corrected chi connectivity index (χ2v) is 6.90. The first-order valence-electron chi connectivity index (χ1n) is 7.34. The van der Waals surface area contributed by atoms with Crippen LogP contribution in [0.1, 0.15) is 47.0 Å². The maximum Gasteiger partial charge on any atom is 0.0593 e. The average Bonchev–Trinajstić information content (AvgIpc) is 2.26. The van der Waals surface area contributed by atoms with Crippen LogP contribution in [0.5, 0.6) is 0 Å². The summed E-state index contributed by atoms with van der Waals surface area (Å²) < 4.78 is 5.48. The van der Waals surface area contributed by atoms with Crippen LogP contribution in [-0.4, -0.2) is 43.8 Å². The molecule has 0 aliphatic heterocycles. The van der Waals surface area contributed by atoms with Crippen molar-refractivity contribution in [3.05, 3.63) is 0 Å². The lowest BCUT2D eigenvalue weighted by atomic mass is 9.63. The molecule has 108 valence electrons. The third kappa shape index (κ3) is 3.94. The highest BCUT2D eigenvalue weighted by Crippen LogP contribution is 2.45. The lowest BCUT2D eigenvalue weighted by Gasteiger charge is -2.52. The van der Waals surface area contributed by atoms with Crippen molar-refractivity contribution in [3.8, 4) is 0 Å². The molecule has 1 rings (SSSR count). The van der Waals surface area contributed by atoms with Crippen LogP contribution in [0.3, 0.4) is 0 Å². The largest absolute Gasteiger partial charge is 0.380 e. The van der Waals surface area contributed by atoms with Gasteiger partial charge in [-0.15, -0.1) is 0 Å². The van der Waals surface area contributed by atoms with Gasteiger partial charge in [0.1, 0.15) is 0 Å². The highest BCUT2D eigenvalue weighted by Gasteiger charge is 2.44. The van der Waals surface area contributed by atoms with Crippen LogP contribution in [0.15, 0.2) is 0 Å². The SMILES string of the molecule is CCOCCN(C)C1(CN)CC(C)CC(C)(C)C1. The van der Waals surface area contributed by atoms with Crippen LogP contribution in [0.4, 0.5) is 0 Å². The molecule has 0 bridgehead atoms. The van der Waals surface area contributed by atoms with E-state index in [-0.39, 0.29) is 5.54 Å². The van der Waals surface area contributed by atoms with Gasteiger partial charge in [0.15, 0.2) is 0 Å². The van der Waals surface area contributed by atoms with Gasteiger partial charge in [-0.1, -0.05) is 20.8 Å². The van der Waals surface area contributed by atoms with Gasteiger partial charge in [-0.25, -0.2) is 0 Å². The zero-order valence-electron chi connectivity index (χ0n) is 13.0. The summed E-state index contributed by atoms with van der Waals surface area (Å²) in [6, 6.07) is 0. The van der Waals surface area contributed by atoms with Crippen molar-refractivity contribution in [2.45, 2.75) is 52.5 Å². The normalized spacial score (nSPS) is 31.8. The maximum absolute atomic E-state index is 6.14. The summed E-state index contributed by atoms with van der Waals surface area (Å²) in [5.41, 5.74) is 6.71. The second kappa shape index (κ2) is 6.36. The van der Waals surface area contributed by atoms with Gasteiger partial charge in [-0.2, -0.15) is 0 Å². The Morgan fingerprint density at radius 1 is 1.33 bits per heavy atom. The molecule has 1 aliphatic rings. The molecule has 2 unspecified atom stereocenters. The summed E-state index contributed by atoms with van der Waals surface area (Å²) in [6.45, 7) is 12.5. The molecular weight excluding hydrogens is 224 g/mol. The van der Waals surface area contributed by atoms with Gasteiger partial charge in [0.25, 0.3) is 0 Å². The minimum absolute atomic E-state index is 0.165. The summed E-state index contributed by atoms with van der Waals surface area (Å²) in [7, 11) is 2.21. The number of ether oxygens (including phenoxy) is 1. The molecule has 0 aromatic rings. The molecule has 2 atom stereocenters. The molecule has 0 saturated heterocycles. The van der Waals surface area contributed by atoms with Crippen molar-refractivity contribution in [1.82, 2.24) is 4.90 Å². The van der Waals surface area contributed by atoms with Crippen molar-refractivity contribution >= 4 is 0 Å². The van der Waals surface area contributed by atoms with Crippen LogP contribution in [0.2, 0.25) is 0 Å². The van der Waals surface area contributed by atoms with E-state index < -0.39 is 0 Å². The topological polar surface area (TPSA) is 38.5 Å². The second-order valence-electron chi connectivity index (χ2n) is 6.90. The zero-order chi connectivity index (χ0) is 13.8. The van der Waals surface area contributed by atoms with Gasteiger partial charge in [0.05, 0.1) is 6.61 Å². The highest BCUT2D eigenvalue weighted by molar-refractivity contribution is 5.00. The minimum atomic E-state index is 0.165. The van der Waals surface area contributed by atoms with Gasteiger partial charge in [-0.3, -0.25) is 4.90 Å². The summed E-state index contributed by atoms with van der Waals surface area (Å²) in [4.78, 5) is 2.44. The van der Waals surface area contributed by atoms with E-state index in [4.69, 9.17) is 10.5 Å². The predicted octanol–water partition coefficient (Wildman–Crippen LogP) is 2.50. The summed E-state index contributed by atoms with van der Waals surface area (Å²) in [5.74, 6) is 0.756. The smallest absolute Gasteiger partial charge is 0.0593 e. The van der Waals surface area contributed by atoms with Crippen molar-refractivity contribution in [2.75, 3.05) is 33.4 Å². The Balaban J connectivity index is 2.70. The van der Waals surface area contributed by atoms with E-state index in [1.165, 1.54) is 19.3 Å². The molecule has 2 N–H and O–H groups in total. The first kappa shape index (κ1) is 15.9. The molecule has 18 heavy (non-hydrogen) atoms. The van der Waals surface area contributed by atoms with Gasteiger partial charge in [0.2, 0.25) is 0 Å². The monoisotopic (exact) mass is 256 g/mol. The molecule has 0 aromatic carbocycles. The third-order valence-corrected chi connectivity index (χ3v) is 4.40. The van der Waals surface area contributed by atoms with E-state index >= 15 is 0 Å². The van der Waals surface area contributed by atoms with Crippen molar-refractivity contribution in [2.24, 2.45) is 17.1 Å². The molecule has 3 heteroatoms. The molecular formula is C15H32N2O. The summed E-state index contributed by atoms with van der Waals surface area (Å²) in [5, 5.41) is 0. The molecule has 0 radical (unpaired) electrons. The van der Waals surface area contributed by atoms with Gasteiger partial charge in [-0.05, 0) is 44.6 Å². The van der Waals surface area contributed by atoms with Gasteiger partial charge < -0.3 is 10.5 Å². The highest BCUT2D eigenvalue weighted by atomic mass is 16.5. The third-order valence-electron chi connectivity index (χ3n) is 4.40. The maximum atomic E-state index is 6.14. The minimum Gasteiger partial charge on any atom is -0.380 e. The van der Waals surface area contributed by atoms with Crippen LogP contribution >= 0.6 is 0 Å². The molecule has 0 aromatic heterocycles. The van der Waals surface area contributed by atoms with E-state index in [1.807, 2.05) is 6.92 Å². The Hall–Kier alpha value is -0.120. The van der Waals surface area contributed by atoms with Crippen LogP contribution in [0.25, 0.3) is 0 Å². The van der Waals surface area contributed by atoms with Crippen molar-refractivity contribution < 1.29 is 4.74 Å². The summed E-state index contributed by atoms with van der Waals surface area (Å²) in [6.07, 6.45) is 3.73. The number of nitrogens with two attached hydrogens (primary N) is 1. The molecule has 1 aliphatic carbocycles. The molecule has 1 fully saturated rings. The number of rotatable bonds is 6. The van der Waals surface area contributed by atoms with E-state index in [1.54, 1.807) is 0 Å². The number of hydrogen-bond acceptors (Lipinski definition) is 3. The first-order valence-corrected chi connectivity index (χ1v) is 7.34. The van der Waals surface area contributed by atoms with E-state index in [0.717, 1.165) is 32.2 Å². The molecule has 1 saturated carbocycles. The Kier molecular flexibility index (Phi) is 5.63. The van der Waals surface area contributed by atoms with Gasteiger partial charge >= 0.3 is 0 Å². The number of hydrogen-bond donors (Lipinski definition) is 1. The fourth-order valence-electron chi connectivity index (χ4n) is 3.88. The van der Waals surface area contributed by atoms with Crippen molar-refractivity contribution in [3.63, 3.8) is 0 Å². The Bertz CT molecular complexity index is 255. The number of likely N-dealkylation sites (N-methyl/N-ethyl adjacent to an activating group) is 1. The average molecular weight is 256 g/mol. The lowest BCUT2D eigenvalue weighted by Crippen LogP contribution is -2.58. The fourth-order valence-corrected chi connectivity index (χ4v) is 3.88. The van der Waals surface area contributed by atoms with Crippen molar-refractivity contribution in [1.29, 1.82) is 0 Å². The van der Waals surface area contributed by atoms with E-state index in [0.29, 0.717) is 5.41 Å². The van der Waals surface area contributed by atoms with E-state index in [9.17, 15) is 0 Å². The first-order chi connectivity index (χ1) is 8.35. The van der Waals surface area contributed by atoms with E-state index in [2.05, 4.69) is 32.7 Å². The predicted molar refractivity (Wildman–Crippen MR) is 77.7 cm³/mol. The molecule has 0 spiro atoms.